The standard InChI is InChI=1S/C22H30N4O2/c1-17-14-18(21(28)26-12-6-7-13-26)8-9-19(17)24-15-20(27)25-22(16-23)10-4-2-3-5-11-22/h8-9,14,24H,2-7,10-13,15H2,1H3,(H,25,27). The van der Waals surface area contributed by atoms with E-state index < -0.39 is 5.54 Å². The van der Waals surface area contributed by atoms with E-state index in [4.69, 9.17) is 0 Å². The van der Waals surface area contributed by atoms with Crippen molar-refractivity contribution in [1.82, 2.24) is 10.2 Å². The van der Waals surface area contributed by atoms with Crippen molar-refractivity contribution in [2.75, 3.05) is 25.0 Å². The van der Waals surface area contributed by atoms with E-state index >= 15 is 0 Å². The highest BCUT2D eigenvalue weighted by Crippen LogP contribution is 2.26. The topological polar surface area (TPSA) is 85.2 Å². The van der Waals surface area contributed by atoms with E-state index in [0.29, 0.717) is 5.56 Å². The summed E-state index contributed by atoms with van der Waals surface area (Å²) in [6.45, 7) is 3.71. The van der Waals surface area contributed by atoms with Crippen LogP contribution in [0.2, 0.25) is 0 Å². The zero-order valence-corrected chi connectivity index (χ0v) is 16.7. The number of hydrogen-bond acceptors (Lipinski definition) is 4. The summed E-state index contributed by atoms with van der Waals surface area (Å²) in [5.41, 5.74) is 1.73. The second-order valence-electron chi connectivity index (χ2n) is 8.04. The number of amides is 2. The summed E-state index contributed by atoms with van der Waals surface area (Å²) in [6.07, 6.45) is 7.80. The van der Waals surface area contributed by atoms with Crippen LogP contribution < -0.4 is 10.6 Å². The second kappa shape index (κ2) is 9.09. The Balaban J connectivity index is 1.57. The van der Waals surface area contributed by atoms with E-state index in [2.05, 4.69) is 16.7 Å². The number of nitrogens with zero attached hydrogens (tertiary/aromatic N) is 2. The molecule has 0 atom stereocenters. The molecule has 6 nitrogen and oxygen atoms in total. The average molecular weight is 383 g/mol. The van der Waals surface area contributed by atoms with Crippen LogP contribution in [-0.2, 0) is 4.79 Å². The maximum Gasteiger partial charge on any atom is 0.253 e. The highest BCUT2D eigenvalue weighted by Gasteiger charge is 2.32. The molecule has 3 rings (SSSR count). The third-order valence-corrected chi connectivity index (χ3v) is 5.86. The molecule has 0 bridgehead atoms. The largest absolute Gasteiger partial charge is 0.376 e. The van der Waals surface area contributed by atoms with E-state index in [1.54, 1.807) is 0 Å². The number of rotatable bonds is 5. The van der Waals surface area contributed by atoms with Gasteiger partial charge in [0.05, 0.1) is 12.6 Å². The van der Waals surface area contributed by atoms with Gasteiger partial charge in [0.15, 0.2) is 0 Å². The van der Waals surface area contributed by atoms with Gasteiger partial charge >= 0.3 is 0 Å². The Morgan fingerprint density at radius 2 is 1.79 bits per heavy atom. The first-order valence-electron chi connectivity index (χ1n) is 10.4. The van der Waals surface area contributed by atoms with Crippen LogP contribution >= 0.6 is 0 Å². The number of carbonyl (C=O) groups excluding carboxylic acids is 2. The van der Waals surface area contributed by atoms with E-state index in [9.17, 15) is 14.9 Å². The van der Waals surface area contributed by atoms with Crippen LogP contribution in [0, 0.1) is 18.3 Å². The lowest BCUT2D eigenvalue weighted by atomic mass is 9.92. The minimum absolute atomic E-state index is 0.0780. The Morgan fingerprint density at radius 1 is 1.11 bits per heavy atom. The summed E-state index contributed by atoms with van der Waals surface area (Å²) in [4.78, 5) is 26.8. The van der Waals surface area contributed by atoms with E-state index in [1.807, 2.05) is 30.0 Å². The SMILES string of the molecule is Cc1cc(C(=O)N2CCCC2)ccc1NCC(=O)NC1(C#N)CCCCCC1. The predicted molar refractivity (Wildman–Crippen MR) is 109 cm³/mol. The minimum Gasteiger partial charge on any atom is -0.376 e. The minimum atomic E-state index is -0.726. The molecule has 28 heavy (non-hydrogen) atoms. The monoisotopic (exact) mass is 382 g/mol. The molecule has 1 aromatic carbocycles. The van der Waals surface area contributed by atoms with Crippen molar-refractivity contribution in [3.63, 3.8) is 0 Å². The van der Waals surface area contributed by atoms with E-state index in [-0.39, 0.29) is 18.4 Å². The first-order valence-corrected chi connectivity index (χ1v) is 10.4. The van der Waals surface area contributed by atoms with Gasteiger partial charge in [0.1, 0.15) is 5.54 Å². The van der Waals surface area contributed by atoms with Crippen LogP contribution in [0.25, 0.3) is 0 Å². The summed E-state index contributed by atoms with van der Waals surface area (Å²) in [5, 5.41) is 15.7. The molecule has 2 aliphatic rings. The highest BCUT2D eigenvalue weighted by atomic mass is 16.2. The van der Waals surface area contributed by atoms with Crippen LogP contribution in [0.3, 0.4) is 0 Å². The number of aryl methyl sites for hydroxylation is 1. The lowest BCUT2D eigenvalue weighted by Gasteiger charge is -2.26. The molecule has 1 heterocycles. The maximum atomic E-state index is 12.5. The molecule has 1 aromatic rings. The van der Waals surface area contributed by atoms with Crippen molar-refractivity contribution in [3.05, 3.63) is 29.3 Å². The van der Waals surface area contributed by atoms with Crippen LogP contribution in [0.1, 0.15) is 67.3 Å². The third-order valence-electron chi connectivity index (χ3n) is 5.86. The number of nitrogens with one attached hydrogen (secondary N) is 2. The van der Waals surface area contributed by atoms with Gasteiger partial charge < -0.3 is 15.5 Å². The summed E-state index contributed by atoms with van der Waals surface area (Å²) in [7, 11) is 0. The Labute approximate surface area is 167 Å². The van der Waals surface area contributed by atoms with Gasteiger partial charge in [-0.2, -0.15) is 5.26 Å². The zero-order chi connectivity index (χ0) is 20.0. The van der Waals surface area contributed by atoms with Gasteiger partial charge in [-0.1, -0.05) is 25.7 Å². The molecule has 0 aromatic heterocycles. The van der Waals surface area contributed by atoms with Crippen molar-refractivity contribution >= 4 is 17.5 Å². The van der Waals surface area contributed by atoms with Crippen molar-refractivity contribution in [2.24, 2.45) is 0 Å². The third kappa shape index (κ3) is 4.83. The van der Waals surface area contributed by atoms with Crippen molar-refractivity contribution < 1.29 is 9.59 Å². The fraction of sp³-hybridized carbons (Fsp3) is 0.591. The smallest absolute Gasteiger partial charge is 0.253 e. The fourth-order valence-electron chi connectivity index (χ4n) is 4.18. The molecule has 1 aliphatic carbocycles. The average Bonchev–Trinajstić information content (AvgIpc) is 3.14. The van der Waals surface area contributed by atoms with Crippen LogP contribution in [0.5, 0.6) is 0 Å². The van der Waals surface area contributed by atoms with Crippen LogP contribution in [0.4, 0.5) is 5.69 Å². The first kappa shape index (κ1) is 20.2. The number of benzene rings is 1. The molecule has 0 spiro atoms. The number of carbonyl (C=O) groups is 2. The normalized spacial score (nSPS) is 18.8. The predicted octanol–water partition coefficient (Wildman–Crippen LogP) is 3.38. The molecule has 1 saturated heterocycles. The van der Waals surface area contributed by atoms with Gasteiger partial charge in [-0.3, -0.25) is 9.59 Å². The molecule has 150 valence electrons. The molecule has 1 aliphatic heterocycles. The maximum absolute atomic E-state index is 12.5. The van der Waals surface area contributed by atoms with Crippen LogP contribution in [-0.4, -0.2) is 41.9 Å². The summed E-state index contributed by atoms with van der Waals surface area (Å²) in [6, 6.07) is 7.89. The highest BCUT2D eigenvalue weighted by molar-refractivity contribution is 5.95. The Morgan fingerprint density at radius 3 is 2.39 bits per heavy atom. The summed E-state index contributed by atoms with van der Waals surface area (Å²) in [5.74, 6) is -0.0886. The van der Waals surface area contributed by atoms with Gasteiger partial charge in [0, 0.05) is 24.3 Å². The molecule has 0 radical (unpaired) electrons. The van der Waals surface area contributed by atoms with Crippen molar-refractivity contribution in [2.45, 2.75) is 63.8 Å². The molecular formula is C22H30N4O2. The van der Waals surface area contributed by atoms with E-state index in [1.165, 1.54) is 0 Å². The van der Waals surface area contributed by atoms with Crippen LogP contribution in [0.15, 0.2) is 18.2 Å². The summed E-state index contributed by atoms with van der Waals surface area (Å²) < 4.78 is 0. The molecular weight excluding hydrogens is 352 g/mol. The van der Waals surface area contributed by atoms with E-state index in [0.717, 1.165) is 75.7 Å². The lowest BCUT2D eigenvalue weighted by Crippen LogP contribution is -2.49. The van der Waals surface area contributed by atoms with Crippen molar-refractivity contribution in [3.8, 4) is 6.07 Å². The number of likely N-dealkylation sites (tertiary alicyclic amines) is 1. The summed E-state index contributed by atoms with van der Waals surface area (Å²) >= 11 is 0. The number of anilines is 1. The Bertz CT molecular complexity index is 754. The molecule has 2 amide bonds. The molecule has 2 fully saturated rings. The molecule has 0 unspecified atom stereocenters. The number of nitriles is 1. The Hall–Kier alpha value is -2.55. The zero-order valence-electron chi connectivity index (χ0n) is 16.7. The first-order chi connectivity index (χ1) is 13.5. The Kier molecular flexibility index (Phi) is 6.56. The molecule has 1 saturated carbocycles. The second-order valence-corrected chi connectivity index (χ2v) is 8.04. The molecule has 6 heteroatoms. The number of hydrogen-bond donors (Lipinski definition) is 2. The lowest BCUT2D eigenvalue weighted by molar-refractivity contribution is -0.120. The van der Waals surface area contributed by atoms with Gasteiger partial charge in [0.25, 0.3) is 5.91 Å². The van der Waals surface area contributed by atoms with Crippen molar-refractivity contribution in [1.29, 1.82) is 5.26 Å². The van der Waals surface area contributed by atoms with Gasteiger partial charge in [-0.25, -0.2) is 0 Å². The molecule has 2 N–H and O–H groups in total. The van der Waals surface area contributed by atoms with Gasteiger partial charge in [-0.05, 0) is 56.4 Å². The van der Waals surface area contributed by atoms with Gasteiger partial charge in [0.2, 0.25) is 5.91 Å². The fourth-order valence-corrected chi connectivity index (χ4v) is 4.18. The van der Waals surface area contributed by atoms with Gasteiger partial charge in [-0.15, -0.1) is 0 Å². The quantitative estimate of drug-likeness (QED) is 0.765.